The molecular weight excluding hydrogens is 346 g/mol. The van der Waals surface area contributed by atoms with Crippen LogP contribution in [0.3, 0.4) is 0 Å². The predicted octanol–water partition coefficient (Wildman–Crippen LogP) is 5.68. The number of rotatable bonds is 7. The molecule has 2 aliphatic rings. The molecule has 1 aliphatic carbocycles. The quantitative estimate of drug-likeness (QED) is 0.563. The molecule has 0 N–H and O–H groups in total. The van der Waals surface area contributed by atoms with Crippen LogP contribution in [-0.2, 0) is 21.5 Å². The van der Waals surface area contributed by atoms with Crippen molar-refractivity contribution in [1.29, 1.82) is 0 Å². The Morgan fingerprint density at radius 2 is 1.75 bits per heavy atom. The molecule has 3 rings (SSSR count). The molecule has 3 heteroatoms. The van der Waals surface area contributed by atoms with Crippen LogP contribution in [0, 0.1) is 5.92 Å². The summed E-state index contributed by atoms with van der Waals surface area (Å²) in [7, 11) is 1.72. The average Bonchev–Trinajstić information content (AvgIpc) is 3.10. The van der Waals surface area contributed by atoms with E-state index < -0.39 is 0 Å². The molecule has 156 valence electrons. The van der Waals surface area contributed by atoms with Crippen LogP contribution in [0.5, 0.6) is 0 Å². The van der Waals surface area contributed by atoms with Crippen LogP contribution < -0.4 is 0 Å². The summed E-state index contributed by atoms with van der Waals surface area (Å²) in [6.45, 7) is 10.0. The van der Waals surface area contributed by atoms with E-state index in [2.05, 4.69) is 56.0 Å². The topological polar surface area (TPSA) is 21.7 Å². The molecule has 1 aliphatic heterocycles. The highest BCUT2D eigenvalue weighted by Gasteiger charge is 2.39. The van der Waals surface area contributed by atoms with Crippen molar-refractivity contribution in [1.82, 2.24) is 4.90 Å². The summed E-state index contributed by atoms with van der Waals surface area (Å²) < 4.78 is 11.6. The normalized spacial score (nSPS) is 26.8. The number of hydrogen-bond acceptors (Lipinski definition) is 3. The van der Waals surface area contributed by atoms with Gasteiger partial charge < -0.3 is 14.4 Å². The van der Waals surface area contributed by atoms with Gasteiger partial charge in [-0.25, -0.2) is 0 Å². The van der Waals surface area contributed by atoms with Crippen molar-refractivity contribution in [2.24, 2.45) is 5.92 Å². The lowest BCUT2D eigenvalue weighted by atomic mass is 9.87. The van der Waals surface area contributed by atoms with Gasteiger partial charge in [0.05, 0.1) is 26.1 Å². The van der Waals surface area contributed by atoms with Gasteiger partial charge in [-0.1, -0.05) is 51.5 Å². The lowest BCUT2D eigenvalue weighted by Crippen LogP contribution is -2.43. The van der Waals surface area contributed by atoms with E-state index >= 15 is 0 Å². The zero-order valence-corrected chi connectivity index (χ0v) is 18.3. The minimum Gasteiger partial charge on any atom is -0.505 e. The fraction of sp³-hybridized carbons (Fsp3) is 0.680. The van der Waals surface area contributed by atoms with Crippen molar-refractivity contribution in [3.8, 4) is 0 Å². The first-order valence-electron chi connectivity index (χ1n) is 11.1. The average molecular weight is 386 g/mol. The Morgan fingerprint density at radius 3 is 2.39 bits per heavy atom. The molecule has 28 heavy (non-hydrogen) atoms. The Morgan fingerprint density at radius 1 is 1.04 bits per heavy atom. The van der Waals surface area contributed by atoms with Crippen LogP contribution in [0.15, 0.2) is 36.6 Å². The Balaban J connectivity index is 1.61. The molecule has 1 aromatic carbocycles. The lowest BCUT2D eigenvalue weighted by Gasteiger charge is -2.36. The van der Waals surface area contributed by atoms with E-state index in [-0.39, 0.29) is 5.41 Å². The summed E-state index contributed by atoms with van der Waals surface area (Å²) >= 11 is 0. The van der Waals surface area contributed by atoms with E-state index in [1.165, 1.54) is 56.3 Å². The fourth-order valence-electron chi connectivity index (χ4n) is 4.84. The molecular formula is C25H39NO2. The number of hydrogen-bond donors (Lipinski definition) is 0. The van der Waals surface area contributed by atoms with E-state index in [9.17, 15) is 0 Å². The van der Waals surface area contributed by atoms with Crippen molar-refractivity contribution in [3.05, 3.63) is 47.7 Å². The lowest BCUT2D eigenvalue weighted by molar-refractivity contribution is -0.000271. The van der Waals surface area contributed by atoms with Crippen LogP contribution >= 0.6 is 0 Å². The van der Waals surface area contributed by atoms with Gasteiger partial charge in [-0.2, -0.15) is 0 Å². The fourth-order valence-corrected chi connectivity index (χ4v) is 4.84. The van der Waals surface area contributed by atoms with Crippen molar-refractivity contribution < 1.29 is 9.47 Å². The number of likely N-dealkylation sites (tertiary alicyclic amines) is 1. The first-order chi connectivity index (χ1) is 13.5. The second-order valence-electron chi connectivity index (χ2n) is 9.54. The van der Waals surface area contributed by atoms with Crippen molar-refractivity contribution in [3.63, 3.8) is 0 Å². The van der Waals surface area contributed by atoms with E-state index in [0.717, 1.165) is 6.42 Å². The number of nitrogens with zero attached hydrogens (tertiary/aromatic N) is 1. The summed E-state index contributed by atoms with van der Waals surface area (Å²) in [4.78, 5) is 2.73. The van der Waals surface area contributed by atoms with Gasteiger partial charge in [0.1, 0.15) is 0 Å². The number of piperidine rings is 1. The molecule has 0 aromatic heterocycles. The second kappa shape index (κ2) is 9.93. The summed E-state index contributed by atoms with van der Waals surface area (Å²) in [6, 6.07) is 9.63. The first-order valence-corrected chi connectivity index (χ1v) is 11.1. The third-order valence-electron chi connectivity index (χ3n) is 6.50. The molecule has 2 fully saturated rings. The summed E-state index contributed by atoms with van der Waals surface area (Å²) in [5.74, 6) is 0.568. The highest BCUT2D eigenvalue weighted by Crippen LogP contribution is 2.37. The third kappa shape index (κ3) is 5.61. The molecule has 3 nitrogen and oxygen atoms in total. The van der Waals surface area contributed by atoms with Crippen LogP contribution in [0.2, 0.25) is 0 Å². The van der Waals surface area contributed by atoms with Gasteiger partial charge in [0.15, 0.2) is 0 Å². The summed E-state index contributed by atoms with van der Waals surface area (Å²) in [6.07, 6.45) is 11.9. The SMILES string of the molecule is COC=CCC1C(OCc2ccc(C(C)(C)C)cc2)CCC1N1CCCCC1. The van der Waals surface area contributed by atoms with E-state index in [1.807, 2.05) is 6.26 Å². The van der Waals surface area contributed by atoms with Gasteiger partial charge in [-0.3, -0.25) is 0 Å². The zero-order chi connectivity index (χ0) is 20.0. The van der Waals surface area contributed by atoms with Gasteiger partial charge >= 0.3 is 0 Å². The molecule has 1 heterocycles. The molecule has 0 amide bonds. The van der Waals surface area contributed by atoms with Gasteiger partial charge in [0.2, 0.25) is 0 Å². The van der Waals surface area contributed by atoms with Gasteiger partial charge in [0.25, 0.3) is 0 Å². The molecule has 3 unspecified atom stereocenters. The van der Waals surface area contributed by atoms with E-state index in [0.29, 0.717) is 24.7 Å². The van der Waals surface area contributed by atoms with Crippen LogP contribution in [0.25, 0.3) is 0 Å². The first kappa shape index (κ1) is 21.4. The predicted molar refractivity (Wildman–Crippen MR) is 116 cm³/mol. The van der Waals surface area contributed by atoms with Crippen LogP contribution in [-0.4, -0.2) is 37.2 Å². The summed E-state index contributed by atoms with van der Waals surface area (Å²) in [5, 5.41) is 0. The molecule has 0 bridgehead atoms. The monoisotopic (exact) mass is 385 g/mol. The molecule has 0 spiro atoms. The number of benzene rings is 1. The molecule has 1 aromatic rings. The standard InChI is InChI=1S/C25H39NO2/c1-25(2,3)21-12-10-20(11-13-21)19-28-24-15-14-23(22(24)9-8-18-27-4)26-16-6-5-7-17-26/h8,10-13,18,22-24H,5-7,9,14-17,19H2,1-4H3. The summed E-state index contributed by atoms with van der Waals surface area (Å²) in [5.41, 5.74) is 2.86. The molecule has 0 radical (unpaired) electrons. The third-order valence-corrected chi connectivity index (χ3v) is 6.50. The van der Waals surface area contributed by atoms with Gasteiger partial charge in [-0.05, 0) is 67.8 Å². The Labute approximate surface area is 172 Å². The van der Waals surface area contributed by atoms with Crippen molar-refractivity contribution in [2.75, 3.05) is 20.2 Å². The van der Waals surface area contributed by atoms with Crippen molar-refractivity contribution in [2.45, 2.75) is 83.5 Å². The van der Waals surface area contributed by atoms with E-state index in [1.54, 1.807) is 7.11 Å². The largest absolute Gasteiger partial charge is 0.505 e. The molecule has 1 saturated carbocycles. The van der Waals surface area contributed by atoms with Gasteiger partial charge in [-0.15, -0.1) is 0 Å². The minimum atomic E-state index is 0.200. The van der Waals surface area contributed by atoms with Crippen molar-refractivity contribution >= 4 is 0 Å². The van der Waals surface area contributed by atoms with Crippen LogP contribution in [0.4, 0.5) is 0 Å². The zero-order valence-electron chi connectivity index (χ0n) is 18.3. The highest BCUT2D eigenvalue weighted by molar-refractivity contribution is 5.27. The number of ether oxygens (including phenoxy) is 2. The maximum atomic E-state index is 6.48. The number of allylic oxidation sites excluding steroid dienone is 1. The Kier molecular flexibility index (Phi) is 7.59. The smallest absolute Gasteiger partial charge is 0.0784 e. The van der Waals surface area contributed by atoms with Gasteiger partial charge in [0, 0.05) is 12.0 Å². The molecule has 3 atom stereocenters. The number of methoxy groups -OCH3 is 1. The maximum Gasteiger partial charge on any atom is 0.0784 e. The second-order valence-corrected chi connectivity index (χ2v) is 9.54. The van der Waals surface area contributed by atoms with E-state index in [4.69, 9.17) is 9.47 Å². The Hall–Kier alpha value is -1.32. The maximum absolute atomic E-state index is 6.48. The Bertz CT molecular complexity index is 610. The molecule has 1 saturated heterocycles. The highest BCUT2D eigenvalue weighted by atomic mass is 16.5. The minimum absolute atomic E-state index is 0.200. The van der Waals surface area contributed by atoms with Crippen LogP contribution in [0.1, 0.15) is 70.4 Å².